The van der Waals surface area contributed by atoms with Gasteiger partial charge in [-0.1, -0.05) is 0 Å². The highest BCUT2D eigenvalue weighted by atomic mass is 16.4. The third-order valence-corrected chi connectivity index (χ3v) is 5.03. The molecule has 0 spiro atoms. The Kier molecular flexibility index (Phi) is 4.92. The van der Waals surface area contributed by atoms with Gasteiger partial charge in [-0.05, 0) is 25.7 Å². The third-order valence-electron chi connectivity index (χ3n) is 5.03. The third kappa shape index (κ3) is 3.80. The van der Waals surface area contributed by atoms with Crippen LogP contribution < -0.4 is 10.2 Å². The summed E-state index contributed by atoms with van der Waals surface area (Å²) in [7, 11) is 1.90. The van der Waals surface area contributed by atoms with Crippen LogP contribution in [0.15, 0.2) is 12.4 Å². The van der Waals surface area contributed by atoms with Crippen molar-refractivity contribution in [2.45, 2.75) is 31.7 Å². The van der Waals surface area contributed by atoms with Gasteiger partial charge in [0.15, 0.2) is 0 Å². The number of urea groups is 1. The number of rotatable bonds is 3. The van der Waals surface area contributed by atoms with Crippen molar-refractivity contribution in [3.05, 3.63) is 12.4 Å². The Bertz CT molecular complexity index is 586. The minimum absolute atomic E-state index is 0.0281. The number of hydrogen-bond donors (Lipinski definition) is 2. The SMILES string of the molecule is Cn1cc(N2CCN(C(=O)NC3CCC(C(=O)O)CC3)CC2)cn1. The number of carbonyl (C=O) groups is 2. The molecule has 132 valence electrons. The molecule has 1 aliphatic heterocycles. The summed E-state index contributed by atoms with van der Waals surface area (Å²) in [4.78, 5) is 27.4. The quantitative estimate of drug-likeness (QED) is 0.856. The number of anilines is 1. The van der Waals surface area contributed by atoms with Crippen LogP contribution in [-0.4, -0.2) is 64.0 Å². The first-order valence-electron chi connectivity index (χ1n) is 8.55. The lowest BCUT2D eigenvalue weighted by atomic mass is 9.86. The van der Waals surface area contributed by atoms with Gasteiger partial charge in [0.25, 0.3) is 0 Å². The summed E-state index contributed by atoms with van der Waals surface area (Å²) in [5.41, 5.74) is 1.09. The molecular formula is C16H25N5O3. The highest BCUT2D eigenvalue weighted by Gasteiger charge is 2.28. The first kappa shape index (κ1) is 16.6. The van der Waals surface area contributed by atoms with Gasteiger partial charge in [0.2, 0.25) is 0 Å². The van der Waals surface area contributed by atoms with E-state index in [1.54, 1.807) is 4.68 Å². The predicted octanol–water partition coefficient (Wildman–Crippen LogP) is 0.895. The molecule has 2 aliphatic rings. The number of nitrogens with zero attached hydrogens (tertiary/aromatic N) is 4. The second kappa shape index (κ2) is 7.11. The summed E-state index contributed by atoms with van der Waals surface area (Å²) >= 11 is 0. The fourth-order valence-electron chi connectivity index (χ4n) is 3.49. The van der Waals surface area contributed by atoms with Crippen molar-refractivity contribution in [1.82, 2.24) is 20.0 Å². The molecule has 2 N–H and O–H groups in total. The first-order valence-corrected chi connectivity index (χ1v) is 8.55. The van der Waals surface area contributed by atoms with Crippen LogP contribution >= 0.6 is 0 Å². The van der Waals surface area contributed by atoms with E-state index in [1.165, 1.54) is 0 Å². The van der Waals surface area contributed by atoms with Gasteiger partial charge in [-0.3, -0.25) is 9.48 Å². The van der Waals surface area contributed by atoms with Crippen molar-refractivity contribution >= 4 is 17.7 Å². The zero-order chi connectivity index (χ0) is 17.1. The standard InChI is InChI=1S/C16H25N5O3/c1-19-11-14(10-17-19)20-6-8-21(9-7-20)16(24)18-13-4-2-12(3-5-13)15(22)23/h10-13H,2-9H2,1H3,(H,18,24)(H,22,23). The number of aromatic nitrogens is 2. The summed E-state index contributed by atoms with van der Waals surface area (Å²) < 4.78 is 1.78. The van der Waals surface area contributed by atoms with Crippen LogP contribution in [0.5, 0.6) is 0 Å². The van der Waals surface area contributed by atoms with Crippen molar-refractivity contribution < 1.29 is 14.7 Å². The van der Waals surface area contributed by atoms with Crippen LogP contribution in [0, 0.1) is 5.92 Å². The second-order valence-electron chi connectivity index (χ2n) is 6.68. The Morgan fingerprint density at radius 2 is 1.83 bits per heavy atom. The molecule has 0 bridgehead atoms. The molecule has 2 amide bonds. The minimum Gasteiger partial charge on any atom is -0.481 e. The van der Waals surface area contributed by atoms with E-state index in [0.717, 1.165) is 31.6 Å². The molecule has 0 unspecified atom stereocenters. The molecule has 8 nitrogen and oxygen atoms in total. The van der Waals surface area contributed by atoms with Gasteiger partial charge in [-0.2, -0.15) is 5.10 Å². The smallest absolute Gasteiger partial charge is 0.317 e. The van der Waals surface area contributed by atoms with Gasteiger partial charge in [-0.15, -0.1) is 0 Å². The summed E-state index contributed by atoms with van der Waals surface area (Å²) in [6.07, 6.45) is 6.62. The van der Waals surface area contributed by atoms with Gasteiger partial charge >= 0.3 is 12.0 Å². The van der Waals surface area contributed by atoms with Crippen LogP contribution in [0.4, 0.5) is 10.5 Å². The van der Waals surface area contributed by atoms with Crippen LogP contribution in [0.2, 0.25) is 0 Å². The lowest BCUT2D eigenvalue weighted by Crippen LogP contribution is -2.54. The lowest BCUT2D eigenvalue weighted by molar-refractivity contribution is -0.142. The fourth-order valence-corrected chi connectivity index (χ4v) is 3.49. The predicted molar refractivity (Wildman–Crippen MR) is 88.9 cm³/mol. The number of carbonyl (C=O) groups excluding carboxylic acids is 1. The Morgan fingerprint density at radius 1 is 1.17 bits per heavy atom. The van der Waals surface area contributed by atoms with Crippen LogP contribution in [0.25, 0.3) is 0 Å². The van der Waals surface area contributed by atoms with Crippen LogP contribution in [0.3, 0.4) is 0 Å². The fraction of sp³-hybridized carbons (Fsp3) is 0.688. The second-order valence-corrected chi connectivity index (χ2v) is 6.68. The van der Waals surface area contributed by atoms with E-state index >= 15 is 0 Å². The van der Waals surface area contributed by atoms with E-state index in [9.17, 15) is 9.59 Å². The Morgan fingerprint density at radius 3 is 2.38 bits per heavy atom. The number of nitrogens with one attached hydrogen (secondary N) is 1. The van der Waals surface area contributed by atoms with E-state index in [4.69, 9.17) is 5.11 Å². The van der Waals surface area contributed by atoms with Crippen molar-refractivity contribution in [3.63, 3.8) is 0 Å². The maximum Gasteiger partial charge on any atom is 0.317 e. The number of hydrogen-bond acceptors (Lipinski definition) is 4. The molecule has 8 heteroatoms. The number of piperazine rings is 1. The number of carboxylic acid groups (broad SMARTS) is 1. The molecule has 0 aromatic carbocycles. The monoisotopic (exact) mass is 335 g/mol. The summed E-state index contributed by atoms with van der Waals surface area (Å²) in [5, 5.41) is 16.3. The van der Waals surface area contributed by atoms with Gasteiger partial charge in [-0.25, -0.2) is 4.79 Å². The van der Waals surface area contributed by atoms with Crippen molar-refractivity contribution in [2.75, 3.05) is 31.1 Å². The lowest BCUT2D eigenvalue weighted by Gasteiger charge is -2.36. The number of carboxylic acids is 1. The number of aliphatic carboxylic acids is 1. The van der Waals surface area contributed by atoms with E-state index in [1.807, 2.05) is 24.3 Å². The van der Waals surface area contributed by atoms with Gasteiger partial charge in [0.1, 0.15) is 0 Å². The van der Waals surface area contributed by atoms with Crippen LogP contribution in [0.1, 0.15) is 25.7 Å². The largest absolute Gasteiger partial charge is 0.481 e. The van der Waals surface area contributed by atoms with E-state index < -0.39 is 5.97 Å². The highest BCUT2D eigenvalue weighted by molar-refractivity contribution is 5.75. The van der Waals surface area contributed by atoms with E-state index in [2.05, 4.69) is 15.3 Å². The van der Waals surface area contributed by atoms with Gasteiger partial charge in [0.05, 0.1) is 17.8 Å². The Hall–Kier alpha value is -2.25. The molecule has 24 heavy (non-hydrogen) atoms. The molecule has 1 aromatic heterocycles. The van der Waals surface area contributed by atoms with Gasteiger partial charge < -0.3 is 20.2 Å². The molecule has 1 saturated carbocycles. The zero-order valence-electron chi connectivity index (χ0n) is 14.0. The maximum absolute atomic E-state index is 12.4. The number of amides is 2. The molecule has 2 heterocycles. The van der Waals surface area contributed by atoms with Crippen molar-refractivity contribution in [2.24, 2.45) is 13.0 Å². The Labute approximate surface area is 141 Å². The Balaban J connectivity index is 1.43. The summed E-state index contributed by atoms with van der Waals surface area (Å²) in [6.45, 7) is 2.96. The highest BCUT2D eigenvalue weighted by Crippen LogP contribution is 2.24. The average molecular weight is 335 g/mol. The molecule has 1 aliphatic carbocycles. The molecule has 1 saturated heterocycles. The van der Waals surface area contributed by atoms with Crippen LogP contribution in [-0.2, 0) is 11.8 Å². The average Bonchev–Trinajstić information content (AvgIpc) is 3.02. The topological polar surface area (TPSA) is 90.7 Å². The molecule has 1 aromatic rings. The van der Waals surface area contributed by atoms with Gasteiger partial charge in [0, 0.05) is 45.5 Å². The molecule has 3 rings (SSSR count). The normalized spacial score (nSPS) is 24.7. The zero-order valence-corrected chi connectivity index (χ0v) is 14.0. The number of aryl methyl sites for hydroxylation is 1. The van der Waals surface area contributed by atoms with Crippen molar-refractivity contribution in [3.8, 4) is 0 Å². The van der Waals surface area contributed by atoms with E-state index in [-0.39, 0.29) is 18.0 Å². The summed E-state index contributed by atoms with van der Waals surface area (Å²) in [5.74, 6) is -0.965. The van der Waals surface area contributed by atoms with Crippen molar-refractivity contribution in [1.29, 1.82) is 0 Å². The maximum atomic E-state index is 12.4. The molecule has 0 radical (unpaired) electrons. The molecule has 0 atom stereocenters. The minimum atomic E-state index is -0.716. The molecular weight excluding hydrogens is 310 g/mol. The summed E-state index contributed by atoms with van der Waals surface area (Å²) in [6, 6.07) is 0.0732. The molecule has 2 fully saturated rings. The van der Waals surface area contributed by atoms with E-state index in [0.29, 0.717) is 25.9 Å². The first-order chi connectivity index (χ1) is 11.5.